The third kappa shape index (κ3) is 2.14. The third-order valence-corrected chi connectivity index (χ3v) is 4.01. The number of nitrogens with one attached hydrogen (secondary N) is 1. The molecule has 0 aromatic carbocycles. The molecule has 6 heteroatoms. The van der Waals surface area contributed by atoms with Crippen LogP contribution in [-0.2, 0) is 0 Å². The fraction of sp³-hybridized carbons (Fsp3) is 0.250. The molecule has 0 fully saturated rings. The molecular formula is C8H10N4S2. The first-order valence-electron chi connectivity index (χ1n) is 4.15. The average Bonchev–Trinajstić information content (AvgIpc) is 2.86. The summed E-state index contributed by atoms with van der Waals surface area (Å²) in [6.45, 7) is 0.603. The Bertz CT molecular complexity index is 357. The van der Waals surface area contributed by atoms with Crippen molar-refractivity contribution in [2.45, 2.75) is 10.4 Å². The lowest BCUT2D eigenvalue weighted by Gasteiger charge is -2.09. The van der Waals surface area contributed by atoms with Gasteiger partial charge in [-0.05, 0) is 11.4 Å². The predicted molar refractivity (Wildman–Crippen MR) is 58.4 cm³/mol. The highest BCUT2D eigenvalue weighted by Gasteiger charge is 2.13. The van der Waals surface area contributed by atoms with Crippen LogP contribution in [0.25, 0.3) is 0 Å². The van der Waals surface area contributed by atoms with Crippen molar-refractivity contribution in [3.63, 3.8) is 0 Å². The van der Waals surface area contributed by atoms with Crippen molar-refractivity contribution in [1.82, 2.24) is 15.2 Å². The molecule has 2 rings (SSSR count). The van der Waals surface area contributed by atoms with Gasteiger partial charge in [0.1, 0.15) is 6.33 Å². The Morgan fingerprint density at radius 2 is 2.57 bits per heavy atom. The normalized spacial score (nSPS) is 12.9. The minimum absolute atomic E-state index is 0.267. The molecule has 0 aliphatic carbocycles. The second kappa shape index (κ2) is 4.59. The van der Waals surface area contributed by atoms with E-state index < -0.39 is 0 Å². The Labute approximate surface area is 89.9 Å². The van der Waals surface area contributed by atoms with Gasteiger partial charge in [0.05, 0.1) is 5.25 Å². The zero-order valence-corrected chi connectivity index (χ0v) is 9.02. The van der Waals surface area contributed by atoms with Gasteiger partial charge in [0, 0.05) is 11.4 Å². The molecule has 2 aromatic rings. The van der Waals surface area contributed by atoms with Gasteiger partial charge in [-0.1, -0.05) is 17.8 Å². The summed E-state index contributed by atoms with van der Waals surface area (Å²) < 4.78 is 0. The molecule has 2 heterocycles. The number of nitrogens with two attached hydrogens (primary N) is 1. The van der Waals surface area contributed by atoms with Crippen LogP contribution in [0, 0.1) is 0 Å². The largest absolute Gasteiger partial charge is 0.329 e. The van der Waals surface area contributed by atoms with E-state index in [9.17, 15) is 0 Å². The molecule has 0 radical (unpaired) electrons. The van der Waals surface area contributed by atoms with Crippen LogP contribution in [0.15, 0.2) is 29.0 Å². The van der Waals surface area contributed by atoms with Crippen LogP contribution in [0.1, 0.15) is 10.1 Å². The van der Waals surface area contributed by atoms with Crippen molar-refractivity contribution in [3.05, 3.63) is 28.7 Å². The number of H-pyrrole nitrogens is 1. The highest BCUT2D eigenvalue weighted by Crippen LogP contribution is 2.34. The SMILES string of the molecule is NCC(Sc1ncn[nH]1)c1cccs1. The first-order chi connectivity index (χ1) is 6.90. The molecule has 3 N–H and O–H groups in total. The minimum Gasteiger partial charge on any atom is -0.329 e. The molecular weight excluding hydrogens is 216 g/mol. The molecule has 1 unspecified atom stereocenters. The minimum atomic E-state index is 0.267. The summed E-state index contributed by atoms with van der Waals surface area (Å²) in [5, 5.41) is 9.75. The maximum Gasteiger partial charge on any atom is 0.184 e. The van der Waals surface area contributed by atoms with Crippen LogP contribution in [0.4, 0.5) is 0 Å². The van der Waals surface area contributed by atoms with E-state index in [1.807, 2.05) is 6.07 Å². The van der Waals surface area contributed by atoms with Gasteiger partial charge in [-0.25, -0.2) is 4.98 Å². The monoisotopic (exact) mass is 226 g/mol. The van der Waals surface area contributed by atoms with E-state index >= 15 is 0 Å². The van der Waals surface area contributed by atoms with Crippen molar-refractivity contribution in [2.75, 3.05) is 6.54 Å². The van der Waals surface area contributed by atoms with Crippen molar-refractivity contribution in [1.29, 1.82) is 0 Å². The summed E-state index contributed by atoms with van der Waals surface area (Å²) in [6, 6.07) is 4.12. The molecule has 1 atom stereocenters. The molecule has 0 aliphatic heterocycles. The molecule has 0 aliphatic rings. The highest BCUT2D eigenvalue weighted by atomic mass is 32.2. The number of nitrogens with zero attached hydrogens (tertiary/aromatic N) is 2. The summed E-state index contributed by atoms with van der Waals surface area (Å²) in [4.78, 5) is 5.33. The van der Waals surface area contributed by atoms with Gasteiger partial charge in [0.25, 0.3) is 0 Å². The zero-order valence-electron chi connectivity index (χ0n) is 7.38. The van der Waals surface area contributed by atoms with Crippen LogP contribution in [-0.4, -0.2) is 21.7 Å². The van der Waals surface area contributed by atoms with Gasteiger partial charge in [0.15, 0.2) is 5.16 Å². The van der Waals surface area contributed by atoms with Crippen molar-refractivity contribution in [3.8, 4) is 0 Å². The maximum atomic E-state index is 5.70. The lowest BCUT2D eigenvalue weighted by Crippen LogP contribution is -2.08. The second-order valence-electron chi connectivity index (χ2n) is 2.65. The average molecular weight is 226 g/mol. The number of hydrogen-bond donors (Lipinski definition) is 2. The molecule has 2 aromatic heterocycles. The van der Waals surface area contributed by atoms with Crippen molar-refractivity contribution in [2.24, 2.45) is 5.73 Å². The van der Waals surface area contributed by atoms with E-state index in [-0.39, 0.29) is 5.25 Å². The third-order valence-electron chi connectivity index (χ3n) is 1.72. The van der Waals surface area contributed by atoms with Crippen LogP contribution >= 0.6 is 23.1 Å². The summed E-state index contributed by atoms with van der Waals surface area (Å²) >= 11 is 3.32. The van der Waals surface area contributed by atoms with E-state index in [0.29, 0.717) is 6.54 Å². The standard InChI is InChI=1S/C8H10N4S2/c9-4-7(6-2-1-3-13-6)14-8-10-5-11-12-8/h1-3,5,7H,4,9H2,(H,10,11,12). The summed E-state index contributed by atoms with van der Waals surface area (Å²) in [5.74, 6) is 0. The highest BCUT2D eigenvalue weighted by molar-refractivity contribution is 7.99. The molecule has 0 bridgehead atoms. The van der Waals surface area contributed by atoms with E-state index in [1.165, 1.54) is 11.2 Å². The van der Waals surface area contributed by atoms with Crippen molar-refractivity contribution >= 4 is 23.1 Å². The van der Waals surface area contributed by atoms with Gasteiger partial charge in [-0.2, -0.15) is 5.10 Å². The number of hydrogen-bond acceptors (Lipinski definition) is 5. The molecule has 74 valence electrons. The zero-order chi connectivity index (χ0) is 9.80. The fourth-order valence-electron chi connectivity index (χ4n) is 1.08. The van der Waals surface area contributed by atoms with Crippen LogP contribution in [0.2, 0.25) is 0 Å². The van der Waals surface area contributed by atoms with Gasteiger partial charge in [-0.3, -0.25) is 5.10 Å². The van der Waals surface area contributed by atoms with E-state index in [2.05, 4.69) is 26.6 Å². The van der Waals surface area contributed by atoms with E-state index in [1.54, 1.807) is 23.1 Å². The van der Waals surface area contributed by atoms with Crippen LogP contribution in [0.3, 0.4) is 0 Å². The lowest BCUT2D eigenvalue weighted by atomic mass is 10.3. The van der Waals surface area contributed by atoms with Crippen molar-refractivity contribution < 1.29 is 0 Å². The van der Waals surface area contributed by atoms with E-state index in [4.69, 9.17) is 5.73 Å². The predicted octanol–water partition coefficient (Wildman–Crippen LogP) is 1.66. The van der Waals surface area contributed by atoms with Gasteiger partial charge in [-0.15, -0.1) is 11.3 Å². The smallest absolute Gasteiger partial charge is 0.184 e. The Balaban J connectivity index is 2.08. The topological polar surface area (TPSA) is 67.6 Å². The number of rotatable bonds is 4. The number of aromatic nitrogens is 3. The Morgan fingerprint density at radius 1 is 1.64 bits per heavy atom. The Morgan fingerprint density at radius 3 is 3.14 bits per heavy atom. The van der Waals surface area contributed by atoms with E-state index in [0.717, 1.165) is 5.16 Å². The lowest BCUT2D eigenvalue weighted by molar-refractivity contribution is 0.926. The first kappa shape index (κ1) is 9.70. The Hall–Kier alpha value is -0.850. The quantitative estimate of drug-likeness (QED) is 0.778. The van der Waals surface area contributed by atoms with Crippen LogP contribution < -0.4 is 5.73 Å². The molecule has 14 heavy (non-hydrogen) atoms. The Kier molecular flexibility index (Phi) is 3.18. The van der Waals surface area contributed by atoms with Crippen LogP contribution in [0.5, 0.6) is 0 Å². The first-order valence-corrected chi connectivity index (χ1v) is 5.91. The maximum absolute atomic E-state index is 5.70. The summed E-state index contributed by atoms with van der Waals surface area (Å²) in [5.41, 5.74) is 5.70. The number of thioether (sulfide) groups is 1. The van der Waals surface area contributed by atoms with Gasteiger partial charge in [0.2, 0.25) is 0 Å². The summed E-state index contributed by atoms with van der Waals surface area (Å²) in [6.07, 6.45) is 1.50. The molecule has 0 amide bonds. The van der Waals surface area contributed by atoms with Gasteiger partial charge >= 0.3 is 0 Å². The molecule has 0 saturated carbocycles. The summed E-state index contributed by atoms with van der Waals surface area (Å²) in [7, 11) is 0. The molecule has 4 nitrogen and oxygen atoms in total. The second-order valence-corrected chi connectivity index (χ2v) is 4.82. The fourth-order valence-corrected chi connectivity index (χ4v) is 2.89. The van der Waals surface area contributed by atoms with Gasteiger partial charge < -0.3 is 5.73 Å². The molecule has 0 spiro atoms. The molecule has 0 saturated heterocycles. The number of aromatic amines is 1. The number of thiophene rings is 1.